The van der Waals surface area contributed by atoms with Crippen molar-refractivity contribution < 1.29 is 18.0 Å². The number of hydrogen-bond donors (Lipinski definition) is 0. The van der Waals surface area contributed by atoms with Gasteiger partial charge in [-0.2, -0.15) is 23.0 Å². The molecule has 0 fully saturated rings. The molecule has 0 saturated carbocycles. The van der Waals surface area contributed by atoms with Crippen molar-refractivity contribution in [1.29, 1.82) is 0 Å². The Labute approximate surface area is 116 Å². The van der Waals surface area contributed by atoms with Gasteiger partial charge in [-0.1, -0.05) is 18.2 Å². The summed E-state index contributed by atoms with van der Waals surface area (Å²) in [6, 6.07) is 8.88. The van der Waals surface area contributed by atoms with Crippen LogP contribution >= 0.6 is 0 Å². The Morgan fingerprint density at radius 1 is 1.05 bits per heavy atom. The highest BCUT2D eigenvalue weighted by molar-refractivity contribution is 6.06. The van der Waals surface area contributed by atoms with E-state index in [9.17, 15) is 18.0 Å². The Morgan fingerprint density at radius 2 is 1.81 bits per heavy atom. The Morgan fingerprint density at radius 3 is 2.57 bits per heavy atom. The zero-order valence-corrected chi connectivity index (χ0v) is 10.5. The standard InChI is InChI=1S/C14H8F3N3O/c15-14(16,17)12-6-8-19-20(12)13(21)10-5-7-18-11-4-2-1-3-9(10)11/h1-8H. The van der Waals surface area contributed by atoms with Crippen LogP contribution in [0.5, 0.6) is 0 Å². The van der Waals surface area contributed by atoms with Crippen molar-refractivity contribution in [2.45, 2.75) is 6.18 Å². The smallest absolute Gasteiger partial charge is 0.267 e. The molecule has 106 valence electrons. The summed E-state index contributed by atoms with van der Waals surface area (Å²) in [5.74, 6) is -0.842. The van der Waals surface area contributed by atoms with Crippen molar-refractivity contribution in [3.63, 3.8) is 0 Å². The Kier molecular flexibility index (Phi) is 2.97. The quantitative estimate of drug-likeness (QED) is 0.692. The fraction of sp³-hybridized carbons (Fsp3) is 0.0714. The summed E-state index contributed by atoms with van der Waals surface area (Å²) in [6.07, 6.45) is -2.31. The molecule has 0 aliphatic carbocycles. The number of benzene rings is 1. The molecule has 3 rings (SSSR count). The van der Waals surface area contributed by atoms with Crippen molar-refractivity contribution in [2.75, 3.05) is 0 Å². The van der Waals surface area contributed by atoms with Crippen molar-refractivity contribution >= 4 is 16.8 Å². The first-order chi connectivity index (χ1) is 9.98. The monoisotopic (exact) mass is 291 g/mol. The highest BCUT2D eigenvalue weighted by Gasteiger charge is 2.36. The lowest BCUT2D eigenvalue weighted by Gasteiger charge is -2.10. The largest absolute Gasteiger partial charge is 0.433 e. The van der Waals surface area contributed by atoms with Crippen molar-refractivity contribution in [3.05, 3.63) is 60.0 Å². The van der Waals surface area contributed by atoms with E-state index < -0.39 is 17.8 Å². The topological polar surface area (TPSA) is 47.8 Å². The van der Waals surface area contributed by atoms with Crippen LogP contribution in [0.1, 0.15) is 16.1 Å². The van der Waals surface area contributed by atoms with Gasteiger partial charge in [0.15, 0.2) is 5.69 Å². The molecule has 0 spiro atoms. The van der Waals surface area contributed by atoms with Crippen LogP contribution < -0.4 is 0 Å². The molecule has 0 unspecified atom stereocenters. The van der Waals surface area contributed by atoms with Gasteiger partial charge < -0.3 is 0 Å². The maximum absolute atomic E-state index is 12.8. The maximum Gasteiger partial charge on any atom is 0.433 e. The van der Waals surface area contributed by atoms with Crippen LogP contribution in [0.15, 0.2) is 48.8 Å². The average molecular weight is 291 g/mol. The number of nitrogens with zero attached hydrogens (tertiary/aromatic N) is 3. The van der Waals surface area contributed by atoms with E-state index in [2.05, 4.69) is 10.1 Å². The summed E-state index contributed by atoms with van der Waals surface area (Å²) in [7, 11) is 0. The van der Waals surface area contributed by atoms with Crippen LogP contribution in [0.4, 0.5) is 13.2 Å². The number of carbonyl (C=O) groups excluding carboxylic acids is 1. The minimum Gasteiger partial charge on any atom is -0.267 e. The molecular formula is C14H8F3N3O. The molecule has 2 heterocycles. The molecule has 21 heavy (non-hydrogen) atoms. The molecule has 2 aromatic heterocycles. The van der Waals surface area contributed by atoms with Crippen LogP contribution in [0, 0.1) is 0 Å². The molecule has 0 saturated heterocycles. The van der Waals surface area contributed by atoms with E-state index in [1.165, 1.54) is 12.3 Å². The fourth-order valence-corrected chi connectivity index (χ4v) is 2.08. The fourth-order valence-electron chi connectivity index (χ4n) is 2.08. The predicted octanol–water partition coefficient (Wildman–Crippen LogP) is 3.14. The number of fused-ring (bicyclic) bond motifs is 1. The highest BCUT2D eigenvalue weighted by atomic mass is 19.4. The third kappa shape index (κ3) is 2.26. The number of alkyl halides is 3. The lowest BCUT2D eigenvalue weighted by atomic mass is 10.1. The molecule has 4 nitrogen and oxygen atoms in total. The van der Waals surface area contributed by atoms with E-state index >= 15 is 0 Å². The number of pyridine rings is 1. The molecule has 3 aromatic rings. The van der Waals surface area contributed by atoms with Crippen LogP contribution in [0.3, 0.4) is 0 Å². The lowest BCUT2D eigenvalue weighted by Crippen LogP contribution is -2.22. The Balaban J connectivity index is 2.16. The van der Waals surface area contributed by atoms with Crippen LogP contribution in [0.2, 0.25) is 0 Å². The number of rotatable bonds is 1. The molecule has 1 aromatic carbocycles. The summed E-state index contributed by atoms with van der Waals surface area (Å²) in [4.78, 5) is 16.4. The third-order valence-corrected chi connectivity index (χ3v) is 3.00. The second-order valence-electron chi connectivity index (χ2n) is 4.31. The molecule has 0 radical (unpaired) electrons. The van der Waals surface area contributed by atoms with E-state index in [0.717, 1.165) is 12.3 Å². The van der Waals surface area contributed by atoms with Gasteiger partial charge in [-0.05, 0) is 18.2 Å². The van der Waals surface area contributed by atoms with Gasteiger partial charge >= 0.3 is 6.18 Å². The summed E-state index contributed by atoms with van der Waals surface area (Å²) < 4.78 is 38.9. The molecule has 0 amide bonds. The summed E-state index contributed by atoms with van der Waals surface area (Å²) >= 11 is 0. The zero-order valence-electron chi connectivity index (χ0n) is 10.5. The normalized spacial score (nSPS) is 11.8. The highest BCUT2D eigenvalue weighted by Crippen LogP contribution is 2.29. The predicted molar refractivity (Wildman–Crippen MR) is 68.7 cm³/mol. The van der Waals surface area contributed by atoms with Gasteiger partial charge in [-0.15, -0.1) is 0 Å². The van der Waals surface area contributed by atoms with Gasteiger partial charge in [0.1, 0.15) is 0 Å². The third-order valence-electron chi connectivity index (χ3n) is 3.00. The molecule has 0 bridgehead atoms. The van der Waals surface area contributed by atoms with Crippen molar-refractivity contribution in [1.82, 2.24) is 14.8 Å². The van der Waals surface area contributed by atoms with E-state index in [-0.39, 0.29) is 5.56 Å². The summed E-state index contributed by atoms with van der Waals surface area (Å²) in [6.45, 7) is 0. The minimum absolute atomic E-state index is 0.120. The van der Waals surface area contributed by atoms with Gasteiger partial charge in [-0.25, -0.2) is 0 Å². The van der Waals surface area contributed by atoms with Gasteiger partial charge in [0, 0.05) is 11.6 Å². The number of halogens is 3. The van der Waals surface area contributed by atoms with E-state index in [4.69, 9.17) is 0 Å². The second kappa shape index (κ2) is 4.69. The number of hydrogen-bond acceptors (Lipinski definition) is 3. The Hall–Kier alpha value is -2.70. The number of aromatic nitrogens is 3. The summed E-state index contributed by atoms with van der Waals surface area (Å²) in [5, 5.41) is 3.97. The maximum atomic E-state index is 12.8. The first-order valence-corrected chi connectivity index (χ1v) is 5.98. The number of carbonyl (C=O) groups is 1. The van der Waals surface area contributed by atoms with Crippen LogP contribution in [-0.2, 0) is 6.18 Å². The van der Waals surface area contributed by atoms with E-state index in [1.807, 2.05) is 0 Å². The van der Waals surface area contributed by atoms with E-state index in [0.29, 0.717) is 15.6 Å². The lowest BCUT2D eigenvalue weighted by molar-refractivity contribution is -0.143. The minimum atomic E-state index is -4.64. The zero-order chi connectivity index (χ0) is 15.0. The molecule has 0 atom stereocenters. The van der Waals surface area contributed by atoms with Gasteiger partial charge in [-0.3, -0.25) is 9.78 Å². The van der Waals surface area contributed by atoms with Crippen molar-refractivity contribution in [2.24, 2.45) is 0 Å². The molecule has 0 N–H and O–H groups in total. The van der Waals surface area contributed by atoms with Crippen LogP contribution in [-0.4, -0.2) is 20.7 Å². The van der Waals surface area contributed by atoms with Gasteiger partial charge in [0.25, 0.3) is 5.91 Å². The second-order valence-corrected chi connectivity index (χ2v) is 4.31. The SMILES string of the molecule is O=C(c1ccnc2ccccc12)n1nccc1C(F)(F)F. The molecular weight excluding hydrogens is 283 g/mol. The molecule has 0 aliphatic heterocycles. The van der Waals surface area contributed by atoms with Gasteiger partial charge in [0.2, 0.25) is 0 Å². The van der Waals surface area contributed by atoms with E-state index in [1.54, 1.807) is 24.3 Å². The molecule has 0 aliphatic rings. The molecule has 7 heteroatoms. The van der Waals surface area contributed by atoms with Crippen molar-refractivity contribution in [3.8, 4) is 0 Å². The average Bonchev–Trinajstić information content (AvgIpc) is 2.95. The van der Waals surface area contributed by atoms with Gasteiger partial charge in [0.05, 0.1) is 17.3 Å². The number of para-hydroxylation sites is 1. The first-order valence-electron chi connectivity index (χ1n) is 5.98. The first kappa shape index (κ1) is 13.3. The summed E-state index contributed by atoms with van der Waals surface area (Å²) in [5.41, 5.74) is -0.452. The Bertz CT molecular complexity index is 818. The van der Waals surface area contributed by atoms with Crippen LogP contribution in [0.25, 0.3) is 10.9 Å².